The van der Waals surface area contributed by atoms with Crippen molar-refractivity contribution in [2.24, 2.45) is 0 Å². The van der Waals surface area contributed by atoms with Crippen LogP contribution in [-0.4, -0.2) is 39.1 Å². The fraction of sp³-hybridized carbons (Fsp3) is 0.250. The lowest BCUT2D eigenvalue weighted by atomic mass is 9.94. The molecule has 0 saturated heterocycles. The van der Waals surface area contributed by atoms with Crippen molar-refractivity contribution in [1.29, 1.82) is 0 Å². The van der Waals surface area contributed by atoms with Crippen molar-refractivity contribution in [2.75, 3.05) is 6.61 Å². The van der Waals surface area contributed by atoms with Gasteiger partial charge >= 0.3 is 18.1 Å². The van der Waals surface area contributed by atoms with Crippen LogP contribution < -0.4 is 0 Å². The number of benzene rings is 1. The molecule has 0 aliphatic rings. The summed E-state index contributed by atoms with van der Waals surface area (Å²) in [5.41, 5.74) is -2.88. The fourth-order valence-electron chi connectivity index (χ4n) is 2.22. The number of aliphatic carboxylic acids is 1. The van der Waals surface area contributed by atoms with E-state index in [9.17, 15) is 27.9 Å². The van der Waals surface area contributed by atoms with E-state index in [1.165, 1.54) is 19.1 Å². The first-order chi connectivity index (χ1) is 12.2. The Hall–Kier alpha value is -3.17. The van der Waals surface area contributed by atoms with Gasteiger partial charge in [-0.2, -0.15) is 28.6 Å². The molecular formula is C16H14F3N3O4. The summed E-state index contributed by atoms with van der Waals surface area (Å²) >= 11 is 0. The minimum atomic E-state index is -4.91. The highest BCUT2D eigenvalue weighted by Crippen LogP contribution is 2.36. The first-order valence-electron chi connectivity index (χ1n) is 7.36. The maximum absolute atomic E-state index is 13.2. The highest BCUT2D eigenvalue weighted by Gasteiger charge is 2.40. The molecule has 2 N–H and O–H groups in total. The molecule has 0 unspecified atom stereocenters. The molecule has 1 aromatic carbocycles. The number of aryl methyl sites for hydroxylation is 1. The zero-order valence-electron chi connectivity index (χ0n) is 13.7. The van der Waals surface area contributed by atoms with Crippen molar-refractivity contribution in [2.45, 2.75) is 20.0 Å². The summed E-state index contributed by atoms with van der Waals surface area (Å²) in [5.74, 6) is -3.01. The zero-order valence-corrected chi connectivity index (χ0v) is 13.7. The molecule has 0 bridgehead atoms. The minimum absolute atomic E-state index is 0.0560. The Labute approximate surface area is 145 Å². The van der Waals surface area contributed by atoms with E-state index in [2.05, 4.69) is 10.2 Å². The Morgan fingerprint density at radius 2 is 1.81 bits per heavy atom. The lowest BCUT2D eigenvalue weighted by molar-refractivity contribution is -0.144. The number of nitrogens with one attached hydrogen (secondary N) is 1. The molecule has 138 valence electrons. The van der Waals surface area contributed by atoms with E-state index in [0.29, 0.717) is 0 Å². The standard InChI is InChI=1S/C16H14F3N3O4/c1-3-26-15(25)11(14(23)24)10(9-6-4-8(2)5-7-9)12-13(16(17,18)19)21-22-20-12/h4-7H,3H2,1-2H3,(H,23,24)(H,20,21,22)/b11-10+. The van der Waals surface area contributed by atoms with Gasteiger partial charge in [-0.3, -0.25) is 0 Å². The van der Waals surface area contributed by atoms with Crippen LogP contribution in [0.5, 0.6) is 0 Å². The summed E-state index contributed by atoms with van der Waals surface area (Å²) in [4.78, 5) is 23.8. The fourth-order valence-corrected chi connectivity index (χ4v) is 2.22. The Bertz CT molecular complexity index is 854. The van der Waals surface area contributed by atoms with Crippen molar-refractivity contribution >= 4 is 17.5 Å². The predicted molar refractivity (Wildman–Crippen MR) is 82.9 cm³/mol. The van der Waals surface area contributed by atoms with E-state index >= 15 is 0 Å². The number of aromatic amines is 1. The molecule has 2 aromatic rings. The number of alkyl halides is 3. The van der Waals surface area contributed by atoms with Crippen molar-refractivity contribution in [3.8, 4) is 0 Å². The molecule has 0 radical (unpaired) electrons. The molecule has 0 aliphatic carbocycles. The van der Waals surface area contributed by atoms with Crippen molar-refractivity contribution in [3.63, 3.8) is 0 Å². The van der Waals surface area contributed by atoms with Crippen LogP contribution >= 0.6 is 0 Å². The van der Waals surface area contributed by atoms with Gasteiger partial charge in [0.25, 0.3) is 0 Å². The molecule has 26 heavy (non-hydrogen) atoms. The van der Waals surface area contributed by atoms with Crippen LogP contribution in [0.2, 0.25) is 0 Å². The van der Waals surface area contributed by atoms with Crippen molar-refractivity contribution in [3.05, 3.63) is 52.4 Å². The Morgan fingerprint density at radius 3 is 2.31 bits per heavy atom. The van der Waals surface area contributed by atoms with Crippen molar-refractivity contribution < 1.29 is 32.6 Å². The van der Waals surface area contributed by atoms with E-state index in [1.807, 2.05) is 5.21 Å². The number of carboxylic acids is 1. The number of H-pyrrole nitrogens is 1. The maximum Gasteiger partial charge on any atom is 0.437 e. The lowest BCUT2D eigenvalue weighted by Gasteiger charge is -2.13. The van der Waals surface area contributed by atoms with Gasteiger partial charge in [-0.25, -0.2) is 9.59 Å². The van der Waals surface area contributed by atoms with Crippen LogP contribution in [-0.2, 0) is 20.5 Å². The monoisotopic (exact) mass is 369 g/mol. The van der Waals surface area contributed by atoms with Crippen LogP contribution in [0.3, 0.4) is 0 Å². The number of esters is 1. The second-order valence-corrected chi connectivity index (χ2v) is 5.16. The number of carbonyl (C=O) groups is 2. The van der Waals surface area contributed by atoms with Gasteiger partial charge in [0.1, 0.15) is 5.69 Å². The van der Waals surface area contributed by atoms with Crippen LogP contribution in [0.25, 0.3) is 5.57 Å². The molecule has 0 aliphatic heterocycles. The van der Waals surface area contributed by atoms with E-state index in [-0.39, 0.29) is 12.2 Å². The number of rotatable bonds is 5. The molecule has 2 rings (SSSR count). The number of hydrogen-bond donors (Lipinski definition) is 2. The largest absolute Gasteiger partial charge is 0.477 e. The normalized spacial score (nSPS) is 12.5. The highest BCUT2D eigenvalue weighted by molar-refractivity contribution is 6.21. The summed E-state index contributed by atoms with van der Waals surface area (Å²) in [6, 6.07) is 5.91. The molecule has 1 heterocycles. The molecule has 10 heteroatoms. The Balaban J connectivity index is 2.85. The lowest BCUT2D eigenvalue weighted by Crippen LogP contribution is -2.19. The average Bonchev–Trinajstić information content (AvgIpc) is 3.02. The second-order valence-electron chi connectivity index (χ2n) is 5.16. The average molecular weight is 369 g/mol. The molecule has 7 nitrogen and oxygen atoms in total. The van der Waals surface area contributed by atoms with Gasteiger partial charge in [-0.15, -0.1) is 0 Å². The SMILES string of the molecule is CCOC(=O)/C(C(=O)O)=C(\c1ccc(C)cc1)c1n[nH]nc1C(F)(F)F. The smallest absolute Gasteiger partial charge is 0.437 e. The molecular weight excluding hydrogens is 355 g/mol. The summed E-state index contributed by atoms with van der Waals surface area (Å²) < 4.78 is 44.4. The number of nitrogens with zero attached hydrogens (tertiary/aromatic N) is 2. The van der Waals surface area contributed by atoms with Gasteiger partial charge in [0.2, 0.25) is 0 Å². The Kier molecular flexibility index (Phi) is 5.44. The highest BCUT2D eigenvalue weighted by atomic mass is 19.4. The topological polar surface area (TPSA) is 105 Å². The van der Waals surface area contributed by atoms with Gasteiger partial charge in [-0.05, 0) is 19.4 Å². The second kappa shape index (κ2) is 7.38. The third kappa shape index (κ3) is 3.90. The number of halogens is 3. The van der Waals surface area contributed by atoms with Crippen LogP contribution in [0.1, 0.15) is 29.4 Å². The third-order valence-electron chi connectivity index (χ3n) is 3.34. The van der Waals surface area contributed by atoms with Crippen LogP contribution in [0.15, 0.2) is 29.8 Å². The molecule has 0 spiro atoms. The van der Waals surface area contributed by atoms with E-state index in [4.69, 9.17) is 4.74 Å². The number of aromatic nitrogens is 3. The third-order valence-corrected chi connectivity index (χ3v) is 3.34. The number of hydrogen-bond acceptors (Lipinski definition) is 5. The number of carboxylic acid groups (broad SMARTS) is 1. The molecule has 0 amide bonds. The van der Waals surface area contributed by atoms with E-state index < -0.39 is 40.6 Å². The molecule has 0 atom stereocenters. The zero-order chi connectivity index (χ0) is 19.5. The van der Waals surface area contributed by atoms with Crippen molar-refractivity contribution in [1.82, 2.24) is 15.4 Å². The van der Waals surface area contributed by atoms with Gasteiger partial charge < -0.3 is 9.84 Å². The molecule has 0 fully saturated rings. The minimum Gasteiger partial charge on any atom is -0.477 e. The van der Waals surface area contributed by atoms with Crippen LogP contribution in [0, 0.1) is 6.92 Å². The van der Waals surface area contributed by atoms with E-state index in [1.54, 1.807) is 19.1 Å². The first kappa shape index (κ1) is 19.2. The van der Waals surface area contributed by atoms with Crippen LogP contribution in [0.4, 0.5) is 13.2 Å². The summed E-state index contributed by atoms with van der Waals surface area (Å²) in [6.07, 6.45) is -4.91. The summed E-state index contributed by atoms with van der Waals surface area (Å²) in [5, 5.41) is 17.8. The van der Waals surface area contributed by atoms with E-state index in [0.717, 1.165) is 5.56 Å². The van der Waals surface area contributed by atoms with Gasteiger partial charge in [0, 0.05) is 5.57 Å². The predicted octanol–water partition coefficient (Wildman–Crippen LogP) is 2.58. The first-order valence-corrected chi connectivity index (χ1v) is 7.36. The molecule has 1 aromatic heterocycles. The molecule has 0 saturated carbocycles. The summed E-state index contributed by atoms with van der Waals surface area (Å²) in [7, 11) is 0. The Morgan fingerprint density at radius 1 is 1.19 bits per heavy atom. The van der Waals surface area contributed by atoms with Gasteiger partial charge in [0.15, 0.2) is 11.3 Å². The number of carbonyl (C=O) groups excluding carboxylic acids is 1. The quantitative estimate of drug-likeness (QED) is 0.363. The number of ether oxygens (including phenoxy) is 1. The summed E-state index contributed by atoms with van der Waals surface area (Å²) in [6.45, 7) is 3.04. The maximum atomic E-state index is 13.2. The van der Waals surface area contributed by atoms with Gasteiger partial charge in [-0.1, -0.05) is 29.8 Å². The van der Waals surface area contributed by atoms with Gasteiger partial charge in [0.05, 0.1) is 6.61 Å².